The molecule has 0 saturated heterocycles. The summed E-state index contributed by atoms with van der Waals surface area (Å²) in [6, 6.07) is 122. The Kier molecular flexibility index (Phi) is 22.7. The highest BCUT2D eigenvalue weighted by atomic mass is 16.7. The first-order valence-corrected chi connectivity index (χ1v) is 34.4. The second-order valence-electron chi connectivity index (χ2n) is 24.4. The number of carbonyl (C=O) groups excluding carboxylic acids is 2. The number of hydrogen-bond donors (Lipinski definition) is 0. The molecule has 0 unspecified atom stereocenters. The number of anilines is 6. The number of nitrogens with zero attached hydrogens (tertiary/aromatic N) is 2. The zero-order valence-corrected chi connectivity index (χ0v) is 57.4. The van der Waals surface area contributed by atoms with Gasteiger partial charge in [-0.05, 0) is 210 Å². The molecule has 0 atom stereocenters. The van der Waals surface area contributed by atoms with Crippen LogP contribution in [0.3, 0.4) is 0 Å². The van der Waals surface area contributed by atoms with E-state index in [4.69, 9.17) is 23.7 Å². The summed E-state index contributed by atoms with van der Waals surface area (Å²) in [5, 5.41) is 0. The Balaban J connectivity index is 0.783. The van der Waals surface area contributed by atoms with Gasteiger partial charge in [0, 0.05) is 41.0 Å². The zero-order chi connectivity index (χ0) is 70.4. The van der Waals surface area contributed by atoms with E-state index in [0.717, 1.165) is 129 Å². The topological polar surface area (TPSA) is 86.8 Å². The normalized spacial score (nSPS) is 11.2. The van der Waals surface area contributed by atoms with Gasteiger partial charge in [-0.15, -0.1) is 0 Å². The molecule has 0 aliphatic rings. The molecule has 0 aliphatic heterocycles. The highest BCUT2D eigenvalue weighted by Crippen LogP contribution is 2.40. The van der Waals surface area contributed by atoms with Crippen LogP contribution in [0.2, 0.25) is 0 Å². The van der Waals surface area contributed by atoms with Crippen LogP contribution in [0.4, 0.5) is 38.9 Å². The molecule has 0 aromatic heterocycles. The van der Waals surface area contributed by atoms with Crippen LogP contribution >= 0.6 is 0 Å². The quantitative estimate of drug-likeness (QED) is 0.0228. The van der Waals surface area contributed by atoms with Crippen molar-refractivity contribution in [3.8, 4) is 11.5 Å². The molecule has 13 rings (SSSR count). The molecular formula is C94H76N2O7. The third kappa shape index (κ3) is 18.1. The lowest BCUT2D eigenvalue weighted by molar-refractivity contribution is -0.142. The molecule has 0 fully saturated rings. The van der Waals surface area contributed by atoms with Gasteiger partial charge in [0.2, 0.25) is 0 Å². The van der Waals surface area contributed by atoms with Crippen LogP contribution < -0.4 is 19.3 Å². The van der Waals surface area contributed by atoms with Gasteiger partial charge in [-0.2, -0.15) is 0 Å². The summed E-state index contributed by atoms with van der Waals surface area (Å²) < 4.78 is 26.7. The smallest absolute Gasteiger partial charge is 0.497 e. The molecule has 0 bridgehead atoms. The summed E-state index contributed by atoms with van der Waals surface area (Å²) in [4.78, 5) is 28.3. The van der Waals surface area contributed by atoms with Crippen molar-refractivity contribution >= 4 is 92.8 Å². The third-order valence-corrected chi connectivity index (χ3v) is 17.5. The van der Waals surface area contributed by atoms with Crippen molar-refractivity contribution in [1.29, 1.82) is 0 Å². The van der Waals surface area contributed by atoms with Gasteiger partial charge < -0.3 is 33.5 Å². The van der Waals surface area contributed by atoms with Crippen LogP contribution in [0.15, 0.2) is 352 Å². The standard InChI is InChI=1S/C94H76N2O7/c1-69(97)101-63-61-100-62-64-102-94(98)103-89-59-55-87(56-60-89)96(84-47-35-71(36-48-84)66-91(76-25-13-5-14-26-76)77-27-15-6-16-28-77)85-51-39-73(40-52-85)68-93(79-31-19-8-20-32-79)81-43-41-80(42-44-81)92(78-29-17-7-18-30-78)67-72-37-49-83(50-38-72)95(86-53-57-88(99-2)58-54-86)82-45-33-70(34-46-82)65-90(74-21-9-3-10-22-74)75-23-11-4-12-24-75/h3-60,65-68H,61-64H2,1-2H3. The lowest BCUT2D eigenvalue weighted by Gasteiger charge is -2.26. The molecule has 0 amide bonds. The van der Waals surface area contributed by atoms with Gasteiger partial charge in [-0.25, -0.2) is 4.79 Å². The van der Waals surface area contributed by atoms with Crippen LogP contribution in [-0.4, -0.2) is 45.7 Å². The van der Waals surface area contributed by atoms with E-state index in [9.17, 15) is 9.59 Å². The first-order valence-electron chi connectivity index (χ1n) is 34.4. The Labute approximate surface area is 603 Å². The minimum Gasteiger partial charge on any atom is -0.497 e. The van der Waals surface area contributed by atoms with Crippen molar-refractivity contribution in [2.45, 2.75) is 6.92 Å². The first-order chi connectivity index (χ1) is 50.7. The summed E-state index contributed by atoms with van der Waals surface area (Å²) >= 11 is 0. The second kappa shape index (κ2) is 34.1. The molecule has 0 saturated carbocycles. The van der Waals surface area contributed by atoms with Crippen LogP contribution in [0.25, 0.3) is 46.6 Å². The Morgan fingerprint density at radius 1 is 0.272 bits per heavy atom. The number of carbonyl (C=O) groups is 2. The highest BCUT2D eigenvalue weighted by molar-refractivity contribution is 5.96. The Bertz CT molecular complexity index is 4930. The monoisotopic (exact) mass is 1340 g/mol. The predicted octanol–water partition coefficient (Wildman–Crippen LogP) is 23.1. The predicted molar refractivity (Wildman–Crippen MR) is 421 cm³/mol. The maximum absolute atomic E-state index is 12.8. The molecule has 504 valence electrons. The Hall–Kier alpha value is -13.1. The van der Waals surface area contributed by atoms with Gasteiger partial charge in [0.05, 0.1) is 20.3 Å². The van der Waals surface area contributed by atoms with Gasteiger partial charge in [0.1, 0.15) is 24.7 Å². The highest BCUT2D eigenvalue weighted by Gasteiger charge is 2.18. The number of esters is 1. The molecule has 13 aromatic rings. The molecule has 9 nitrogen and oxygen atoms in total. The van der Waals surface area contributed by atoms with E-state index < -0.39 is 6.16 Å². The van der Waals surface area contributed by atoms with E-state index in [-0.39, 0.29) is 32.4 Å². The lowest BCUT2D eigenvalue weighted by atomic mass is 9.91. The van der Waals surface area contributed by atoms with Crippen molar-refractivity contribution in [1.82, 2.24) is 0 Å². The van der Waals surface area contributed by atoms with Crippen molar-refractivity contribution in [2.75, 3.05) is 43.3 Å². The van der Waals surface area contributed by atoms with Crippen molar-refractivity contribution < 1.29 is 33.3 Å². The fourth-order valence-electron chi connectivity index (χ4n) is 12.4. The largest absolute Gasteiger partial charge is 0.513 e. The molecule has 0 N–H and O–H groups in total. The average molecular weight is 1350 g/mol. The lowest BCUT2D eigenvalue weighted by Crippen LogP contribution is -2.16. The molecule has 0 spiro atoms. The summed E-state index contributed by atoms with van der Waals surface area (Å²) in [5.41, 5.74) is 23.3. The summed E-state index contributed by atoms with van der Waals surface area (Å²) in [6.07, 6.45) is 8.16. The SMILES string of the molecule is COc1ccc(N(c2ccc(C=C(c3ccccc3)c3ccccc3)cc2)c2ccc(C=C(c3ccccc3)c3ccc(C(=Cc4ccc(N(c5ccc(C=C(c6ccccc6)c6ccccc6)cc5)c5ccc(OC(=O)OCCOCCOC(C)=O)cc5)cc4)c4ccccc4)cc3)cc2)cc1. The molecule has 0 aliphatic carbocycles. The summed E-state index contributed by atoms with van der Waals surface area (Å²) in [7, 11) is 1.69. The minimum absolute atomic E-state index is 0.0267. The van der Waals surface area contributed by atoms with Gasteiger partial charge in [-0.1, -0.05) is 255 Å². The number of methoxy groups -OCH3 is 1. The van der Waals surface area contributed by atoms with E-state index in [0.29, 0.717) is 5.75 Å². The molecular weight excluding hydrogens is 1270 g/mol. The summed E-state index contributed by atoms with van der Waals surface area (Å²) in [5.74, 6) is 0.722. The third-order valence-electron chi connectivity index (χ3n) is 17.5. The van der Waals surface area contributed by atoms with E-state index in [1.165, 1.54) is 6.92 Å². The number of benzene rings is 13. The van der Waals surface area contributed by atoms with Crippen LogP contribution in [0.1, 0.15) is 73.7 Å². The zero-order valence-electron chi connectivity index (χ0n) is 57.4. The van der Waals surface area contributed by atoms with Crippen LogP contribution in [0, 0.1) is 0 Å². The molecule has 13 aromatic carbocycles. The fourth-order valence-corrected chi connectivity index (χ4v) is 12.4. The maximum atomic E-state index is 12.8. The fraction of sp³-hybridized carbons (Fsp3) is 0.0638. The number of rotatable bonds is 26. The molecule has 0 heterocycles. The maximum Gasteiger partial charge on any atom is 0.513 e. The molecule has 103 heavy (non-hydrogen) atoms. The van der Waals surface area contributed by atoms with Crippen molar-refractivity contribution in [2.24, 2.45) is 0 Å². The molecule has 0 radical (unpaired) electrons. The van der Waals surface area contributed by atoms with Crippen molar-refractivity contribution in [3.05, 3.63) is 419 Å². The average Bonchev–Trinajstić information content (AvgIpc) is 0.806. The molecule has 9 heteroatoms. The van der Waals surface area contributed by atoms with Crippen molar-refractivity contribution in [3.63, 3.8) is 0 Å². The first kappa shape index (κ1) is 68.4. The van der Waals surface area contributed by atoms with Gasteiger partial charge >= 0.3 is 12.1 Å². The van der Waals surface area contributed by atoms with Crippen LogP contribution in [-0.2, 0) is 19.0 Å². The Morgan fingerprint density at radius 2 is 0.505 bits per heavy atom. The van der Waals surface area contributed by atoms with E-state index in [2.05, 4.69) is 331 Å². The number of hydrogen-bond acceptors (Lipinski definition) is 9. The van der Waals surface area contributed by atoms with Gasteiger partial charge in [0.15, 0.2) is 0 Å². The Morgan fingerprint density at radius 3 is 0.757 bits per heavy atom. The summed E-state index contributed by atoms with van der Waals surface area (Å²) in [6.45, 7) is 1.74. The van der Waals surface area contributed by atoms with E-state index in [1.807, 2.05) is 42.5 Å². The minimum atomic E-state index is -0.858. The van der Waals surface area contributed by atoms with E-state index >= 15 is 0 Å². The van der Waals surface area contributed by atoms with Gasteiger partial charge in [-0.3, -0.25) is 4.79 Å². The number of ether oxygens (including phenoxy) is 5. The van der Waals surface area contributed by atoms with E-state index in [1.54, 1.807) is 19.2 Å². The van der Waals surface area contributed by atoms with Gasteiger partial charge in [0.25, 0.3) is 0 Å². The van der Waals surface area contributed by atoms with Crippen LogP contribution in [0.5, 0.6) is 11.5 Å². The second-order valence-corrected chi connectivity index (χ2v) is 24.4.